The van der Waals surface area contributed by atoms with E-state index < -0.39 is 0 Å². The molecule has 3 rings (SSSR count). The predicted octanol–water partition coefficient (Wildman–Crippen LogP) is 2.70. The summed E-state index contributed by atoms with van der Waals surface area (Å²) in [5.74, 6) is 0.891. The highest BCUT2D eigenvalue weighted by molar-refractivity contribution is 7.16. The van der Waals surface area contributed by atoms with E-state index in [1.165, 1.54) is 5.56 Å². The number of hydrogen-bond donors (Lipinski definition) is 1. The second-order valence-electron chi connectivity index (χ2n) is 4.65. The van der Waals surface area contributed by atoms with Crippen LogP contribution in [-0.4, -0.2) is 25.8 Å². The summed E-state index contributed by atoms with van der Waals surface area (Å²) in [6.45, 7) is 4.97. The van der Waals surface area contributed by atoms with Gasteiger partial charge in [-0.05, 0) is 30.9 Å². The van der Waals surface area contributed by atoms with Crippen molar-refractivity contribution in [3.05, 3.63) is 35.7 Å². The molecular weight excluding hydrogens is 258 g/mol. The van der Waals surface area contributed by atoms with E-state index in [1.807, 2.05) is 35.4 Å². The van der Waals surface area contributed by atoms with E-state index in [2.05, 4.69) is 27.3 Å². The summed E-state index contributed by atoms with van der Waals surface area (Å²) in [6, 6.07) is 2.30. The summed E-state index contributed by atoms with van der Waals surface area (Å²) < 4.78 is 1.94. The number of thiophene rings is 1. The van der Waals surface area contributed by atoms with Crippen LogP contribution in [0.4, 0.5) is 5.82 Å². The van der Waals surface area contributed by atoms with Gasteiger partial charge in [-0.2, -0.15) is 5.10 Å². The Balaban J connectivity index is 1.75. The van der Waals surface area contributed by atoms with E-state index in [0.29, 0.717) is 0 Å². The van der Waals surface area contributed by atoms with E-state index in [0.717, 1.165) is 22.6 Å². The van der Waals surface area contributed by atoms with Gasteiger partial charge in [0.2, 0.25) is 0 Å². The molecule has 0 amide bonds. The van der Waals surface area contributed by atoms with Crippen molar-refractivity contribution in [2.24, 2.45) is 0 Å². The lowest BCUT2D eigenvalue weighted by Crippen LogP contribution is -2.22. The minimum atomic E-state index is 0.248. The predicted molar refractivity (Wildman–Crippen MR) is 77.5 cm³/mol. The highest BCUT2D eigenvalue weighted by Gasteiger charge is 2.09. The Morgan fingerprint density at radius 1 is 1.42 bits per heavy atom. The van der Waals surface area contributed by atoms with Crippen molar-refractivity contribution >= 4 is 27.4 Å². The van der Waals surface area contributed by atoms with Crippen molar-refractivity contribution in [3.63, 3.8) is 0 Å². The van der Waals surface area contributed by atoms with Crippen molar-refractivity contribution in [1.82, 2.24) is 19.7 Å². The summed E-state index contributed by atoms with van der Waals surface area (Å²) in [4.78, 5) is 9.58. The molecule has 0 aromatic carbocycles. The third-order valence-corrected chi connectivity index (χ3v) is 3.69. The number of hydrogen-bond acceptors (Lipinski definition) is 5. The van der Waals surface area contributed by atoms with Gasteiger partial charge in [-0.3, -0.25) is 4.68 Å². The fraction of sp³-hybridized carbons (Fsp3) is 0.308. The number of fused-ring (bicyclic) bond motifs is 1. The normalized spacial score (nSPS) is 12.7. The zero-order chi connectivity index (χ0) is 13.2. The average molecular weight is 273 g/mol. The van der Waals surface area contributed by atoms with Gasteiger partial charge >= 0.3 is 0 Å². The lowest BCUT2D eigenvalue weighted by atomic mass is 10.3. The van der Waals surface area contributed by atoms with E-state index in [4.69, 9.17) is 0 Å². The molecule has 98 valence electrons. The Kier molecular flexibility index (Phi) is 3.16. The molecule has 0 saturated carbocycles. The Labute approximate surface area is 115 Å². The van der Waals surface area contributed by atoms with Gasteiger partial charge in [-0.1, -0.05) is 0 Å². The van der Waals surface area contributed by atoms with Crippen LogP contribution in [0.25, 0.3) is 10.2 Å². The van der Waals surface area contributed by atoms with E-state index >= 15 is 0 Å². The molecule has 0 saturated heterocycles. The Morgan fingerprint density at radius 3 is 3.11 bits per heavy atom. The molecule has 3 aromatic rings. The number of nitrogens with one attached hydrogen (secondary N) is 1. The fourth-order valence-electron chi connectivity index (χ4n) is 2.03. The molecule has 0 aliphatic carbocycles. The molecule has 0 radical (unpaired) electrons. The Bertz CT molecular complexity index is 687. The van der Waals surface area contributed by atoms with Crippen molar-refractivity contribution < 1.29 is 0 Å². The van der Waals surface area contributed by atoms with Gasteiger partial charge in [-0.25, -0.2) is 9.97 Å². The first-order valence-corrected chi connectivity index (χ1v) is 7.04. The molecule has 5 nitrogen and oxygen atoms in total. The van der Waals surface area contributed by atoms with Gasteiger partial charge in [-0.15, -0.1) is 11.3 Å². The van der Waals surface area contributed by atoms with Crippen molar-refractivity contribution in [3.8, 4) is 0 Å². The molecule has 6 heteroatoms. The van der Waals surface area contributed by atoms with E-state index in [1.54, 1.807) is 17.7 Å². The molecule has 0 aliphatic rings. The molecule has 0 fully saturated rings. The Hall–Kier alpha value is -1.95. The van der Waals surface area contributed by atoms with E-state index in [-0.39, 0.29) is 6.04 Å². The Morgan fingerprint density at radius 2 is 2.32 bits per heavy atom. The van der Waals surface area contributed by atoms with Crippen LogP contribution >= 0.6 is 11.3 Å². The summed E-state index contributed by atoms with van der Waals surface area (Å²) in [5, 5.41) is 10.8. The summed E-state index contributed by atoms with van der Waals surface area (Å²) in [7, 11) is 0. The SMILES string of the molecule is Cc1cnn(C[C@@H](C)Nc2ncnc3sccc23)c1. The summed E-state index contributed by atoms with van der Waals surface area (Å²) in [6.07, 6.45) is 5.51. The molecule has 0 unspecified atom stereocenters. The summed E-state index contributed by atoms with van der Waals surface area (Å²) >= 11 is 1.63. The number of aryl methyl sites for hydroxylation is 1. The quantitative estimate of drug-likeness (QED) is 0.794. The minimum Gasteiger partial charge on any atom is -0.365 e. The molecular formula is C13H15N5S. The molecule has 0 spiro atoms. The maximum absolute atomic E-state index is 4.32. The van der Waals surface area contributed by atoms with Crippen LogP contribution in [0.1, 0.15) is 12.5 Å². The molecule has 1 atom stereocenters. The topological polar surface area (TPSA) is 55.6 Å². The van der Waals surface area contributed by atoms with Crippen LogP contribution in [0.2, 0.25) is 0 Å². The van der Waals surface area contributed by atoms with Crippen LogP contribution in [0.3, 0.4) is 0 Å². The highest BCUT2D eigenvalue weighted by Crippen LogP contribution is 2.24. The molecule has 3 heterocycles. The second kappa shape index (κ2) is 4.97. The van der Waals surface area contributed by atoms with Gasteiger partial charge in [0.15, 0.2) is 0 Å². The van der Waals surface area contributed by atoms with E-state index in [9.17, 15) is 0 Å². The standard InChI is InChI=1S/C13H15N5S/c1-9-5-16-18(6-9)7-10(2)17-12-11-3-4-19-13(11)15-8-14-12/h3-6,8,10H,7H2,1-2H3,(H,14,15,17)/t10-/m1/s1. The third-order valence-electron chi connectivity index (χ3n) is 2.87. The van der Waals surface area contributed by atoms with Crippen molar-refractivity contribution in [2.75, 3.05) is 5.32 Å². The lowest BCUT2D eigenvalue weighted by molar-refractivity contribution is 0.560. The third kappa shape index (κ3) is 2.58. The van der Waals surface area contributed by atoms with Crippen LogP contribution < -0.4 is 5.32 Å². The highest BCUT2D eigenvalue weighted by atomic mass is 32.1. The second-order valence-corrected chi connectivity index (χ2v) is 5.54. The maximum Gasteiger partial charge on any atom is 0.138 e. The minimum absolute atomic E-state index is 0.248. The molecule has 0 aliphatic heterocycles. The monoisotopic (exact) mass is 273 g/mol. The number of aromatic nitrogens is 4. The first kappa shape index (κ1) is 12.1. The lowest BCUT2D eigenvalue weighted by Gasteiger charge is -2.14. The number of rotatable bonds is 4. The van der Waals surface area contributed by atoms with Crippen LogP contribution in [0.5, 0.6) is 0 Å². The van der Waals surface area contributed by atoms with Crippen LogP contribution in [0, 0.1) is 6.92 Å². The maximum atomic E-state index is 4.32. The summed E-state index contributed by atoms with van der Waals surface area (Å²) in [5.41, 5.74) is 1.18. The van der Waals surface area contributed by atoms with Crippen molar-refractivity contribution in [2.45, 2.75) is 26.4 Å². The molecule has 1 N–H and O–H groups in total. The van der Waals surface area contributed by atoms with Gasteiger partial charge in [0.05, 0.1) is 18.1 Å². The fourth-order valence-corrected chi connectivity index (χ4v) is 2.76. The zero-order valence-electron chi connectivity index (χ0n) is 10.9. The van der Waals surface area contributed by atoms with Crippen LogP contribution in [-0.2, 0) is 6.54 Å². The van der Waals surface area contributed by atoms with Crippen LogP contribution in [0.15, 0.2) is 30.2 Å². The van der Waals surface area contributed by atoms with Gasteiger partial charge < -0.3 is 5.32 Å². The number of nitrogens with zero attached hydrogens (tertiary/aromatic N) is 4. The molecule has 19 heavy (non-hydrogen) atoms. The smallest absolute Gasteiger partial charge is 0.138 e. The number of anilines is 1. The van der Waals surface area contributed by atoms with Gasteiger partial charge in [0.25, 0.3) is 0 Å². The van der Waals surface area contributed by atoms with Gasteiger partial charge in [0.1, 0.15) is 17.0 Å². The van der Waals surface area contributed by atoms with Gasteiger partial charge in [0, 0.05) is 12.2 Å². The average Bonchev–Trinajstić information content (AvgIpc) is 2.98. The first-order valence-electron chi connectivity index (χ1n) is 6.16. The zero-order valence-corrected chi connectivity index (χ0v) is 11.7. The molecule has 3 aromatic heterocycles. The molecule has 0 bridgehead atoms. The first-order chi connectivity index (χ1) is 9.22. The van der Waals surface area contributed by atoms with Crippen molar-refractivity contribution in [1.29, 1.82) is 0 Å². The largest absolute Gasteiger partial charge is 0.365 e.